The third kappa shape index (κ3) is 3.39. The van der Waals surface area contributed by atoms with Crippen LogP contribution < -0.4 is 4.90 Å². The lowest BCUT2D eigenvalue weighted by Crippen LogP contribution is -2.22. The average Bonchev–Trinajstić information content (AvgIpc) is 2.47. The number of benzene rings is 1. The summed E-state index contributed by atoms with van der Waals surface area (Å²) in [7, 11) is 0. The zero-order valence-electron chi connectivity index (χ0n) is 11.7. The molecule has 0 aliphatic heterocycles. The second kappa shape index (κ2) is 6.36. The predicted octanol–water partition coefficient (Wildman–Crippen LogP) is 4.78. The minimum Gasteiger partial charge on any atom is -0.320 e. The van der Waals surface area contributed by atoms with Gasteiger partial charge in [-0.3, -0.25) is 0 Å². The number of halogens is 4. The molecule has 0 bridgehead atoms. The molecule has 0 atom stereocenters. The largest absolute Gasteiger partial charge is 0.418 e. The number of hydrogen-bond acceptors (Lipinski definition) is 3. The fourth-order valence-electron chi connectivity index (χ4n) is 1.98. The van der Waals surface area contributed by atoms with Gasteiger partial charge in [-0.1, -0.05) is 29.8 Å². The van der Waals surface area contributed by atoms with E-state index in [2.05, 4.69) is 16.8 Å². The molecule has 0 saturated heterocycles. The molecule has 0 N–H and O–H groups in total. The first kappa shape index (κ1) is 16.3. The lowest BCUT2D eigenvalue weighted by atomic mass is 10.1. The molecule has 3 nitrogen and oxygen atoms in total. The fourth-order valence-corrected chi connectivity index (χ4v) is 2.07. The van der Waals surface area contributed by atoms with Crippen LogP contribution in [-0.2, 0) is 6.18 Å². The van der Waals surface area contributed by atoms with Gasteiger partial charge in [-0.15, -0.1) is 16.8 Å². The van der Waals surface area contributed by atoms with E-state index >= 15 is 0 Å². The minimum atomic E-state index is -4.47. The zero-order chi connectivity index (χ0) is 16.3. The van der Waals surface area contributed by atoms with Gasteiger partial charge in [-0.25, -0.2) is 0 Å². The highest BCUT2D eigenvalue weighted by Crippen LogP contribution is 2.38. The third-order valence-corrected chi connectivity index (χ3v) is 3.37. The first-order valence-electron chi connectivity index (χ1n) is 6.39. The van der Waals surface area contributed by atoms with Crippen LogP contribution in [-0.4, -0.2) is 16.7 Å². The standard InChI is InChI=1S/C15H13ClF3N3/c1-3-8-22(13-9-10(2)14(16)21-20-13)12-7-5-4-6-11(12)15(17,18)19/h3-7,9H,1,8H2,2H3. The molecule has 22 heavy (non-hydrogen) atoms. The summed E-state index contributed by atoms with van der Waals surface area (Å²) in [5.74, 6) is 0.276. The summed E-state index contributed by atoms with van der Waals surface area (Å²) in [6.45, 7) is 5.45. The van der Waals surface area contributed by atoms with Gasteiger partial charge in [0.15, 0.2) is 11.0 Å². The van der Waals surface area contributed by atoms with E-state index in [1.165, 1.54) is 29.2 Å². The summed E-state index contributed by atoms with van der Waals surface area (Å²) in [6.07, 6.45) is -2.97. The van der Waals surface area contributed by atoms with E-state index in [0.717, 1.165) is 6.07 Å². The van der Waals surface area contributed by atoms with E-state index in [1.54, 1.807) is 13.0 Å². The van der Waals surface area contributed by atoms with Gasteiger partial charge in [0.25, 0.3) is 0 Å². The van der Waals surface area contributed by atoms with Gasteiger partial charge in [-0.05, 0) is 30.7 Å². The second-order valence-electron chi connectivity index (χ2n) is 4.59. The maximum absolute atomic E-state index is 13.2. The Morgan fingerprint density at radius 2 is 1.95 bits per heavy atom. The number of nitrogens with zero attached hydrogens (tertiary/aromatic N) is 3. The molecule has 0 fully saturated rings. The third-order valence-electron chi connectivity index (χ3n) is 3.00. The van der Waals surface area contributed by atoms with Crippen LogP contribution in [0, 0.1) is 6.92 Å². The summed E-state index contributed by atoms with van der Waals surface area (Å²) >= 11 is 5.82. The molecule has 1 heterocycles. The lowest BCUT2D eigenvalue weighted by Gasteiger charge is -2.25. The zero-order valence-corrected chi connectivity index (χ0v) is 12.5. The normalized spacial score (nSPS) is 11.3. The van der Waals surface area contributed by atoms with Crippen LogP contribution in [0.25, 0.3) is 0 Å². The van der Waals surface area contributed by atoms with Crippen LogP contribution in [0.5, 0.6) is 0 Å². The Labute approximate surface area is 131 Å². The predicted molar refractivity (Wildman–Crippen MR) is 80.4 cm³/mol. The molecule has 0 spiro atoms. The Hall–Kier alpha value is -2.08. The van der Waals surface area contributed by atoms with Crippen molar-refractivity contribution in [1.29, 1.82) is 0 Å². The molecular formula is C15H13ClF3N3. The Bertz CT molecular complexity index is 686. The molecule has 0 saturated carbocycles. The van der Waals surface area contributed by atoms with E-state index in [9.17, 15) is 13.2 Å². The Morgan fingerprint density at radius 1 is 1.27 bits per heavy atom. The Balaban J connectivity index is 2.58. The van der Waals surface area contributed by atoms with Crippen molar-refractivity contribution in [2.24, 2.45) is 0 Å². The lowest BCUT2D eigenvalue weighted by molar-refractivity contribution is -0.137. The molecule has 0 aliphatic rings. The smallest absolute Gasteiger partial charge is 0.320 e. The molecule has 2 rings (SSSR count). The van der Waals surface area contributed by atoms with Crippen molar-refractivity contribution in [3.8, 4) is 0 Å². The van der Waals surface area contributed by atoms with Crippen molar-refractivity contribution in [1.82, 2.24) is 10.2 Å². The van der Waals surface area contributed by atoms with Gasteiger partial charge in [0.05, 0.1) is 11.3 Å². The fraction of sp³-hybridized carbons (Fsp3) is 0.200. The topological polar surface area (TPSA) is 29.0 Å². The Morgan fingerprint density at radius 3 is 2.55 bits per heavy atom. The quantitative estimate of drug-likeness (QED) is 0.757. The molecule has 7 heteroatoms. The van der Waals surface area contributed by atoms with Gasteiger partial charge in [0.1, 0.15) is 0 Å². The number of para-hydroxylation sites is 1. The summed E-state index contributed by atoms with van der Waals surface area (Å²) in [5.41, 5.74) is -0.123. The van der Waals surface area contributed by atoms with Gasteiger partial charge in [0.2, 0.25) is 0 Å². The number of rotatable bonds is 4. The van der Waals surface area contributed by atoms with Crippen LogP contribution in [0.2, 0.25) is 5.15 Å². The van der Waals surface area contributed by atoms with Crippen LogP contribution in [0.4, 0.5) is 24.7 Å². The van der Waals surface area contributed by atoms with Crippen molar-refractivity contribution in [3.05, 3.63) is 59.3 Å². The van der Waals surface area contributed by atoms with Gasteiger partial charge < -0.3 is 4.90 Å². The second-order valence-corrected chi connectivity index (χ2v) is 4.95. The SMILES string of the molecule is C=CCN(c1cc(C)c(Cl)nn1)c1ccccc1C(F)(F)F. The highest BCUT2D eigenvalue weighted by atomic mass is 35.5. The Kier molecular flexibility index (Phi) is 4.71. The minimum absolute atomic E-state index is 0.00841. The highest BCUT2D eigenvalue weighted by Gasteiger charge is 2.35. The molecule has 0 aliphatic carbocycles. The number of anilines is 2. The van der Waals surface area contributed by atoms with Crippen LogP contribution in [0.15, 0.2) is 43.0 Å². The molecule has 116 valence electrons. The number of aromatic nitrogens is 2. The van der Waals surface area contributed by atoms with Crippen LogP contribution in [0.1, 0.15) is 11.1 Å². The number of aryl methyl sites for hydroxylation is 1. The average molecular weight is 328 g/mol. The molecule has 0 unspecified atom stereocenters. The van der Waals surface area contributed by atoms with Crippen LogP contribution >= 0.6 is 11.6 Å². The number of hydrogen-bond donors (Lipinski definition) is 0. The maximum Gasteiger partial charge on any atom is 0.418 e. The van der Waals surface area contributed by atoms with Crippen molar-refractivity contribution in [2.75, 3.05) is 11.4 Å². The summed E-state index contributed by atoms with van der Waals surface area (Å²) in [6, 6.07) is 6.89. The monoisotopic (exact) mass is 327 g/mol. The van der Waals surface area contributed by atoms with E-state index < -0.39 is 11.7 Å². The van der Waals surface area contributed by atoms with Crippen molar-refractivity contribution in [3.63, 3.8) is 0 Å². The van der Waals surface area contributed by atoms with E-state index in [4.69, 9.17) is 11.6 Å². The van der Waals surface area contributed by atoms with E-state index in [1.807, 2.05) is 0 Å². The van der Waals surface area contributed by atoms with Gasteiger partial charge in [0, 0.05) is 6.54 Å². The van der Waals surface area contributed by atoms with Crippen molar-refractivity contribution < 1.29 is 13.2 Å². The van der Waals surface area contributed by atoms with Gasteiger partial charge >= 0.3 is 6.18 Å². The molecule has 1 aromatic carbocycles. The first-order valence-corrected chi connectivity index (χ1v) is 6.77. The maximum atomic E-state index is 13.2. The molecule has 1 aromatic heterocycles. The van der Waals surface area contributed by atoms with Crippen LogP contribution in [0.3, 0.4) is 0 Å². The number of alkyl halides is 3. The molecule has 0 amide bonds. The summed E-state index contributed by atoms with van der Waals surface area (Å²) in [5, 5.41) is 7.86. The molecule has 0 radical (unpaired) electrons. The van der Waals surface area contributed by atoms with Crippen molar-refractivity contribution in [2.45, 2.75) is 13.1 Å². The van der Waals surface area contributed by atoms with Gasteiger partial charge in [-0.2, -0.15) is 13.2 Å². The summed E-state index contributed by atoms with van der Waals surface area (Å²) in [4.78, 5) is 1.39. The van der Waals surface area contributed by atoms with E-state index in [0.29, 0.717) is 5.56 Å². The van der Waals surface area contributed by atoms with E-state index in [-0.39, 0.29) is 23.2 Å². The molecular weight excluding hydrogens is 315 g/mol. The molecule has 2 aromatic rings. The first-order chi connectivity index (χ1) is 10.3. The van der Waals surface area contributed by atoms with Crippen molar-refractivity contribution >= 4 is 23.1 Å². The highest BCUT2D eigenvalue weighted by molar-refractivity contribution is 6.30. The summed E-state index contributed by atoms with van der Waals surface area (Å²) < 4.78 is 39.6.